The molecule has 0 aliphatic heterocycles. The van der Waals surface area contributed by atoms with E-state index in [-0.39, 0.29) is 12.4 Å². The SMILES string of the molecule is CCCCCCCCCCCCCCCN(CCCCCCCCCCCCCC)CCCCCCCCCCCCCC.Cl. The number of unbranched alkanes of at least 4 members (excludes halogenated alkanes) is 34. The first-order valence-electron chi connectivity index (χ1n) is 21.6. The van der Waals surface area contributed by atoms with Crippen molar-refractivity contribution in [3.8, 4) is 0 Å². The van der Waals surface area contributed by atoms with Crippen molar-refractivity contribution < 1.29 is 0 Å². The molecule has 0 amide bonds. The summed E-state index contributed by atoms with van der Waals surface area (Å²) in [4.78, 5) is 2.87. The van der Waals surface area contributed by atoms with Crippen LogP contribution in [-0.2, 0) is 0 Å². The van der Waals surface area contributed by atoms with Crippen molar-refractivity contribution in [2.75, 3.05) is 19.6 Å². The van der Waals surface area contributed by atoms with Gasteiger partial charge in [-0.1, -0.05) is 239 Å². The molecular weight excluding hydrogens is 566 g/mol. The first kappa shape index (κ1) is 47.4. The van der Waals surface area contributed by atoms with Gasteiger partial charge in [0.25, 0.3) is 0 Å². The lowest BCUT2D eigenvalue weighted by Gasteiger charge is -2.22. The average molecular weight is 657 g/mol. The van der Waals surface area contributed by atoms with Crippen LogP contribution in [0.2, 0.25) is 0 Å². The van der Waals surface area contributed by atoms with Gasteiger partial charge in [-0.15, -0.1) is 12.4 Å². The Balaban J connectivity index is 0. The van der Waals surface area contributed by atoms with E-state index in [2.05, 4.69) is 25.7 Å². The van der Waals surface area contributed by atoms with E-state index >= 15 is 0 Å². The van der Waals surface area contributed by atoms with Gasteiger partial charge in [-0.05, 0) is 38.9 Å². The molecule has 0 radical (unpaired) electrons. The van der Waals surface area contributed by atoms with Crippen LogP contribution in [0, 0.1) is 0 Å². The van der Waals surface area contributed by atoms with Crippen molar-refractivity contribution in [1.29, 1.82) is 0 Å². The first-order valence-corrected chi connectivity index (χ1v) is 21.6. The minimum absolute atomic E-state index is 0. The van der Waals surface area contributed by atoms with Gasteiger partial charge in [-0.2, -0.15) is 0 Å². The van der Waals surface area contributed by atoms with Gasteiger partial charge in [-0.25, -0.2) is 0 Å². The zero-order valence-corrected chi connectivity index (χ0v) is 33.0. The third-order valence-electron chi connectivity index (χ3n) is 10.2. The summed E-state index contributed by atoms with van der Waals surface area (Å²) in [6.07, 6.45) is 54.1. The maximum atomic E-state index is 2.87. The van der Waals surface area contributed by atoms with Gasteiger partial charge in [-0.3, -0.25) is 0 Å². The van der Waals surface area contributed by atoms with E-state index in [9.17, 15) is 0 Å². The van der Waals surface area contributed by atoms with Crippen molar-refractivity contribution in [2.45, 2.75) is 258 Å². The summed E-state index contributed by atoms with van der Waals surface area (Å²) in [5.74, 6) is 0. The highest BCUT2D eigenvalue weighted by molar-refractivity contribution is 5.85. The highest BCUT2D eigenvalue weighted by atomic mass is 35.5. The highest BCUT2D eigenvalue weighted by Gasteiger charge is 2.05. The molecule has 0 rings (SSSR count). The molecule has 0 spiro atoms. The van der Waals surface area contributed by atoms with Crippen molar-refractivity contribution in [1.82, 2.24) is 4.90 Å². The van der Waals surface area contributed by atoms with E-state index in [1.54, 1.807) is 0 Å². The molecule has 45 heavy (non-hydrogen) atoms. The van der Waals surface area contributed by atoms with Crippen LogP contribution in [0.3, 0.4) is 0 Å². The fraction of sp³-hybridized carbons (Fsp3) is 1.00. The molecule has 2 heteroatoms. The van der Waals surface area contributed by atoms with Crippen LogP contribution in [-0.4, -0.2) is 24.5 Å². The standard InChI is InChI=1S/C43H89N.ClH/c1-4-7-10-13-16-19-22-25-28-31-34-37-40-43-44(41-38-35-32-29-26-23-20-17-14-11-8-5-2)42-39-36-33-30-27-24-21-18-15-12-9-6-3;/h4-43H2,1-3H3;1H. The van der Waals surface area contributed by atoms with E-state index in [0.29, 0.717) is 0 Å². The molecule has 0 unspecified atom stereocenters. The second-order valence-corrected chi connectivity index (χ2v) is 14.9. The largest absolute Gasteiger partial charge is 0.303 e. The second-order valence-electron chi connectivity index (χ2n) is 14.9. The summed E-state index contributed by atoms with van der Waals surface area (Å²) >= 11 is 0. The van der Waals surface area contributed by atoms with Gasteiger partial charge < -0.3 is 4.90 Å². The molecule has 0 aromatic heterocycles. The lowest BCUT2D eigenvalue weighted by molar-refractivity contribution is 0.254. The van der Waals surface area contributed by atoms with Crippen molar-refractivity contribution in [2.24, 2.45) is 0 Å². The third kappa shape index (κ3) is 42.2. The second kappa shape index (κ2) is 44.2. The predicted molar refractivity (Wildman–Crippen MR) is 212 cm³/mol. The predicted octanol–water partition coefficient (Wildman–Crippen LogP) is 16.2. The molecule has 0 saturated carbocycles. The Hall–Kier alpha value is 0.250. The van der Waals surface area contributed by atoms with Gasteiger partial charge in [0, 0.05) is 0 Å². The Morgan fingerprint density at radius 1 is 0.200 bits per heavy atom. The van der Waals surface area contributed by atoms with E-state index in [1.807, 2.05) is 0 Å². The fourth-order valence-electron chi connectivity index (χ4n) is 7.04. The summed E-state index contributed by atoms with van der Waals surface area (Å²) in [5.41, 5.74) is 0. The third-order valence-corrected chi connectivity index (χ3v) is 10.2. The van der Waals surface area contributed by atoms with Crippen molar-refractivity contribution in [3.63, 3.8) is 0 Å². The molecule has 0 aromatic carbocycles. The number of hydrogen-bond donors (Lipinski definition) is 0. The zero-order valence-electron chi connectivity index (χ0n) is 32.1. The Morgan fingerprint density at radius 2 is 0.333 bits per heavy atom. The summed E-state index contributed by atoms with van der Waals surface area (Å²) in [6, 6.07) is 0. The Kier molecular flexibility index (Phi) is 46.6. The summed E-state index contributed by atoms with van der Waals surface area (Å²) < 4.78 is 0. The highest BCUT2D eigenvalue weighted by Crippen LogP contribution is 2.16. The van der Waals surface area contributed by atoms with Crippen LogP contribution in [0.15, 0.2) is 0 Å². The van der Waals surface area contributed by atoms with Gasteiger partial charge in [0.15, 0.2) is 0 Å². The molecule has 1 nitrogen and oxygen atoms in total. The minimum Gasteiger partial charge on any atom is -0.303 e. The molecule has 0 N–H and O–H groups in total. The van der Waals surface area contributed by atoms with Crippen LogP contribution >= 0.6 is 12.4 Å². The van der Waals surface area contributed by atoms with Crippen LogP contribution in [0.1, 0.15) is 258 Å². The quantitative estimate of drug-likeness (QED) is 0.0594. The molecule has 0 atom stereocenters. The van der Waals surface area contributed by atoms with Gasteiger partial charge in [0.1, 0.15) is 0 Å². The molecule has 274 valence electrons. The number of hydrogen-bond acceptors (Lipinski definition) is 1. The normalized spacial score (nSPS) is 11.5. The van der Waals surface area contributed by atoms with Crippen LogP contribution in [0.25, 0.3) is 0 Å². The van der Waals surface area contributed by atoms with E-state index in [1.165, 1.54) is 257 Å². The number of halogens is 1. The van der Waals surface area contributed by atoms with Crippen molar-refractivity contribution in [3.05, 3.63) is 0 Å². The molecule has 0 heterocycles. The molecule has 0 aromatic rings. The first-order chi connectivity index (χ1) is 21.8. The van der Waals surface area contributed by atoms with Gasteiger partial charge in [0.05, 0.1) is 0 Å². The fourth-order valence-corrected chi connectivity index (χ4v) is 7.04. The Morgan fingerprint density at radius 3 is 0.489 bits per heavy atom. The Bertz CT molecular complexity index is 452. The number of rotatable bonds is 40. The van der Waals surface area contributed by atoms with Gasteiger partial charge in [0.2, 0.25) is 0 Å². The lowest BCUT2D eigenvalue weighted by atomic mass is 10.0. The lowest BCUT2D eigenvalue weighted by Crippen LogP contribution is -2.27. The van der Waals surface area contributed by atoms with E-state index in [0.717, 1.165) is 0 Å². The van der Waals surface area contributed by atoms with Crippen molar-refractivity contribution >= 4 is 12.4 Å². The maximum Gasteiger partial charge on any atom is -0.00187 e. The number of nitrogens with zero attached hydrogens (tertiary/aromatic N) is 1. The van der Waals surface area contributed by atoms with E-state index < -0.39 is 0 Å². The molecule has 0 fully saturated rings. The summed E-state index contributed by atoms with van der Waals surface area (Å²) in [6.45, 7) is 11.1. The smallest absolute Gasteiger partial charge is 0.00187 e. The molecule has 0 aliphatic carbocycles. The van der Waals surface area contributed by atoms with Crippen LogP contribution in [0.4, 0.5) is 0 Å². The average Bonchev–Trinajstić information content (AvgIpc) is 3.03. The summed E-state index contributed by atoms with van der Waals surface area (Å²) in [7, 11) is 0. The Labute approximate surface area is 294 Å². The maximum absolute atomic E-state index is 2.87. The van der Waals surface area contributed by atoms with Crippen LogP contribution in [0.5, 0.6) is 0 Å². The van der Waals surface area contributed by atoms with Gasteiger partial charge >= 0.3 is 0 Å². The topological polar surface area (TPSA) is 3.24 Å². The minimum atomic E-state index is 0. The molecular formula is C43H90ClN. The zero-order chi connectivity index (χ0) is 31.9. The molecule has 0 saturated heterocycles. The molecule has 0 bridgehead atoms. The monoisotopic (exact) mass is 656 g/mol. The summed E-state index contributed by atoms with van der Waals surface area (Å²) in [5, 5.41) is 0. The molecule has 0 aliphatic rings. The van der Waals surface area contributed by atoms with Crippen LogP contribution < -0.4 is 0 Å². The van der Waals surface area contributed by atoms with E-state index in [4.69, 9.17) is 0 Å².